The van der Waals surface area contributed by atoms with Gasteiger partial charge in [0.25, 0.3) is 5.91 Å². The number of piperidine rings is 1. The van der Waals surface area contributed by atoms with E-state index in [0.29, 0.717) is 22.5 Å². The van der Waals surface area contributed by atoms with Crippen LogP contribution in [0.5, 0.6) is 5.75 Å². The first kappa shape index (κ1) is 25.4. The first-order chi connectivity index (χ1) is 19.6. The summed E-state index contributed by atoms with van der Waals surface area (Å²) in [5.74, 6) is -7.69. The lowest BCUT2D eigenvalue weighted by molar-refractivity contribution is -0.0744. The first-order valence-electron chi connectivity index (χ1n) is 13.2. The summed E-state index contributed by atoms with van der Waals surface area (Å²) in [4.78, 5) is 27.5. The highest BCUT2D eigenvalue weighted by atomic mass is 19.3. The molecule has 4 aromatic rings. The highest BCUT2D eigenvalue weighted by Gasteiger charge is 2.50. The average Bonchev–Trinajstić information content (AvgIpc) is 3.39. The Morgan fingerprint density at radius 3 is 2.51 bits per heavy atom. The monoisotopic (exact) mass is 564 g/mol. The molecule has 7 nitrogen and oxygen atoms in total. The van der Waals surface area contributed by atoms with E-state index in [-0.39, 0.29) is 30.6 Å². The normalized spacial score (nSPS) is 21.4. The minimum absolute atomic E-state index is 0.0142. The van der Waals surface area contributed by atoms with Crippen LogP contribution in [0.2, 0.25) is 0 Å². The van der Waals surface area contributed by atoms with Gasteiger partial charge in [-0.05, 0) is 49.6 Å². The molecule has 2 aromatic carbocycles. The van der Waals surface area contributed by atoms with Crippen LogP contribution >= 0.6 is 0 Å². The summed E-state index contributed by atoms with van der Waals surface area (Å²) >= 11 is 0. The van der Waals surface area contributed by atoms with Gasteiger partial charge >= 0.3 is 0 Å². The standard InChI is InChI=1S/C30H24F4N4O3/c1-30(33,34)16-10-13-36-23(15-16)38(37-14-11-22(39)28(40)27(37)29(36)41)26-17-5-2-3-6-20(17)35-12-4-7-21(35)24-18(26)8-9-19(31)25(24)32/h2-9,11-12,14,16,23,26,40H,10,13,15H2,1H3/t16?,23-,26-/m1/s1. The summed E-state index contributed by atoms with van der Waals surface area (Å²) in [6.45, 7) is 0.802. The Balaban J connectivity index is 1.57. The molecule has 1 fully saturated rings. The van der Waals surface area contributed by atoms with Gasteiger partial charge in [-0.25, -0.2) is 17.6 Å². The van der Waals surface area contributed by atoms with Gasteiger partial charge in [0.2, 0.25) is 11.4 Å². The van der Waals surface area contributed by atoms with Gasteiger partial charge in [0.05, 0.1) is 11.4 Å². The Kier molecular flexibility index (Phi) is 5.41. The molecular weight excluding hydrogens is 540 g/mol. The zero-order valence-corrected chi connectivity index (χ0v) is 21.8. The first-order valence-corrected chi connectivity index (χ1v) is 13.2. The molecule has 11 heteroatoms. The number of aromatic nitrogens is 2. The molecule has 7 rings (SSSR count). The third-order valence-electron chi connectivity index (χ3n) is 8.54. The quantitative estimate of drug-likeness (QED) is 0.341. The van der Waals surface area contributed by atoms with Crippen molar-refractivity contribution in [3.8, 4) is 22.7 Å². The van der Waals surface area contributed by atoms with Gasteiger partial charge in [0.1, 0.15) is 12.2 Å². The van der Waals surface area contributed by atoms with Gasteiger partial charge in [-0.3, -0.25) is 19.3 Å². The zero-order chi connectivity index (χ0) is 28.8. The van der Waals surface area contributed by atoms with E-state index in [1.54, 1.807) is 46.1 Å². The molecule has 210 valence electrons. The Hall–Kier alpha value is -4.54. The maximum absolute atomic E-state index is 15.8. The number of carbonyl (C=O) groups excluding carboxylic acids is 1. The van der Waals surface area contributed by atoms with E-state index in [4.69, 9.17) is 0 Å². The number of carbonyl (C=O) groups is 1. The van der Waals surface area contributed by atoms with Crippen molar-refractivity contribution >= 4 is 5.91 Å². The zero-order valence-electron chi connectivity index (χ0n) is 21.8. The van der Waals surface area contributed by atoms with Crippen molar-refractivity contribution in [2.24, 2.45) is 5.92 Å². The Bertz CT molecular complexity index is 1790. The highest BCUT2D eigenvalue weighted by Crippen LogP contribution is 2.48. The summed E-state index contributed by atoms with van der Waals surface area (Å²) in [6, 6.07) is 13.2. The van der Waals surface area contributed by atoms with Gasteiger partial charge in [0.15, 0.2) is 23.1 Å². The molecule has 3 atom stereocenters. The molecule has 1 N–H and O–H groups in total. The van der Waals surface area contributed by atoms with Crippen molar-refractivity contribution in [2.45, 2.75) is 37.9 Å². The van der Waals surface area contributed by atoms with E-state index < -0.39 is 52.8 Å². The van der Waals surface area contributed by atoms with Crippen LogP contribution in [0.3, 0.4) is 0 Å². The maximum atomic E-state index is 15.8. The predicted molar refractivity (Wildman–Crippen MR) is 142 cm³/mol. The number of nitrogens with zero attached hydrogens (tertiary/aromatic N) is 4. The van der Waals surface area contributed by atoms with E-state index in [1.165, 1.54) is 21.8 Å². The molecular formula is C30H24F4N4O3. The summed E-state index contributed by atoms with van der Waals surface area (Å²) in [7, 11) is 0. The second-order valence-electron chi connectivity index (χ2n) is 10.8. The fourth-order valence-electron chi connectivity index (χ4n) is 6.62. The number of benzene rings is 2. The fourth-order valence-corrected chi connectivity index (χ4v) is 6.62. The third kappa shape index (κ3) is 3.57. The number of alkyl halides is 2. The highest BCUT2D eigenvalue weighted by molar-refractivity contribution is 5.96. The Morgan fingerprint density at radius 2 is 1.73 bits per heavy atom. The van der Waals surface area contributed by atoms with Crippen LogP contribution in [0.4, 0.5) is 17.6 Å². The van der Waals surface area contributed by atoms with Gasteiger partial charge in [0, 0.05) is 42.0 Å². The second kappa shape index (κ2) is 8.73. The van der Waals surface area contributed by atoms with E-state index in [1.807, 2.05) is 6.07 Å². The lowest BCUT2D eigenvalue weighted by atomic mass is 9.86. The number of hydrogen-bond donors (Lipinski definition) is 1. The Labute approximate surface area is 231 Å². The van der Waals surface area contributed by atoms with Crippen LogP contribution in [0.1, 0.15) is 47.4 Å². The number of pyridine rings is 1. The number of rotatable bonds is 2. The van der Waals surface area contributed by atoms with Gasteiger partial charge in [-0.1, -0.05) is 24.3 Å². The number of fused-ring (bicyclic) bond motifs is 7. The summed E-state index contributed by atoms with van der Waals surface area (Å²) in [5, 5.41) is 12.4. The molecule has 2 aromatic heterocycles. The molecule has 3 aliphatic heterocycles. The molecule has 1 unspecified atom stereocenters. The molecule has 41 heavy (non-hydrogen) atoms. The molecule has 0 aliphatic carbocycles. The number of halogens is 4. The number of hydrogen-bond acceptors (Lipinski definition) is 4. The van der Waals surface area contributed by atoms with Crippen molar-refractivity contribution in [3.63, 3.8) is 0 Å². The van der Waals surface area contributed by atoms with Crippen molar-refractivity contribution in [3.05, 3.63) is 106 Å². The molecule has 1 amide bonds. The fraction of sp³-hybridized carbons (Fsp3) is 0.267. The molecule has 0 spiro atoms. The van der Waals surface area contributed by atoms with Crippen LogP contribution in [-0.2, 0) is 0 Å². The Morgan fingerprint density at radius 1 is 0.951 bits per heavy atom. The molecule has 0 bridgehead atoms. The number of aromatic hydroxyl groups is 1. The lowest BCUT2D eigenvalue weighted by Crippen LogP contribution is -2.65. The van der Waals surface area contributed by atoms with Crippen LogP contribution in [0.15, 0.2) is 71.8 Å². The van der Waals surface area contributed by atoms with Gasteiger partial charge in [-0.2, -0.15) is 0 Å². The second-order valence-corrected chi connectivity index (χ2v) is 10.8. The van der Waals surface area contributed by atoms with E-state index in [9.17, 15) is 27.9 Å². The van der Waals surface area contributed by atoms with Gasteiger partial charge in [-0.15, -0.1) is 0 Å². The van der Waals surface area contributed by atoms with Crippen molar-refractivity contribution in [1.29, 1.82) is 0 Å². The molecule has 3 aliphatic rings. The van der Waals surface area contributed by atoms with Crippen molar-refractivity contribution in [2.75, 3.05) is 11.6 Å². The predicted octanol–water partition coefficient (Wildman–Crippen LogP) is 5.18. The molecule has 0 saturated carbocycles. The molecule has 5 heterocycles. The maximum Gasteiger partial charge on any atom is 0.278 e. The van der Waals surface area contributed by atoms with Crippen LogP contribution in [0, 0.1) is 17.6 Å². The summed E-state index contributed by atoms with van der Waals surface area (Å²) < 4.78 is 63.0. The largest absolute Gasteiger partial charge is 0.502 e. The van der Waals surface area contributed by atoms with Crippen LogP contribution in [-0.4, -0.2) is 43.8 Å². The average molecular weight is 565 g/mol. The lowest BCUT2D eigenvalue weighted by Gasteiger charge is -2.53. The minimum atomic E-state index is -3.04. The summed E-state index contributed by atoms with van der Waals surface area (Å²) in [5.41, 5.74) is 0.874. The van der Waals surface area contributed by atoms with Crippen molar-refractivity contribution in [1.82, 2.24) is 14.1 Å². The topological polar surface area (TPSA) is 70.7 Å². The van der Waals surface area contributed by atoms with Crippen molar-refractivity contribution < 1.29 is 27.5 Å². The SMILES string of the molecule is CC(F)(F)C1CCN2C(=O)c3c(O)c(=O)ccn3N([C@@H]3c4ccccc4-n4cccc4-c4c3ccc(F)c4F)[C@@H]2C1. The molecule has 1 saturated heterocycles. The smallest absolute Gasteiger partial charge is 0.278 e. The number of amides is 1. The van der Waals surface area contributed by atoms with Crippen LogP contribution < -0.4 is 10.4 Å². The molecule has 0 radical (unpaired) electrons. The minimum Gasteiger partial charge on any atom is -0.502 e. The van der Waals surface area contributed by atoms with Crippen LogP contribution in [0.25, 0.3) is 16.9 Å². The van der Waals surface area contributed by atoms with Gasteiger partial charge < -0.3 is 14.6 Å². The van der Waals surface area contributed by atoms with E-state index in [0.717, 1.165) is 19.1 Å². The van der Waals surface area contributed by atoms with E-state index >= 15 is 4.39 Å². The number of para-hydroxylation sites is 1. The summed E-state index contributed by atoms with van der Waals surface area (Å²) in [6.07, 6.45) is 1.96. The van der Waals surface area contributed by atoms with E-state index in [2.05, 4.69) is 0 Å². The third-order valence-corrected chi connectivity index (χ3v) is 8.54.